The first kappa shape index (κ1) is 20.2. The zero-order valence-electron chi connectivity index (χ0n) is 16.8. The summed E-state index contributed by atoms with van der Waals surface area (Å²) in [6, 6.07) is 20.9. The van der Waals surface area contributed by atoms with Gasteiger partial charge in [-0.1, -0.05) is 48.0 Å². The lowest BCUT2D eigenvalue weighted by Gasteiger charge is -2.12. The van der Waals surface area contributed by atoms with Crippen LogP contribution < -0.4 is 14.2 Å². The molecule has 3 aromatic rings. The zero-order chi connectivity index (χ0) is 20.6. The summed E-state index contributed by atoms with van der Waals surface area (Å²) in [4.78, 5) is 12.0. The number of hydrogen-bond donors (Lipinski definition) is 0. The van der Waals surface area contributed by atoms with Gasteiger partial charge in [0.1, 0.15) is 12.4 Å². The highest BCUT2D eigenvalue weighted by Gasteiger charge is 2.07. The van der Waals surface area contributed by atoms with Crippen molar-refractivity contribution in [2.45, 2.75) is 20.5 Å². The Bertz CT molecular complexity index is 1000. The molecule has 0 saturated heterocycles. The summed E-state index contributed by atoms with van der Waals surface area (Å²) in [5, 5.41) is 0. The Labute approximate surface area is 171 Å². The Kier molecular flexibility index (Phi) is 6.69. The fourth-order valence-corrected chi connectivity index (χ4v) is 2.76. The molecule has 4 nitrogen and oxygen atoms in total. The monoisotopic (exact) mass is 388 g/mol. The van der Waals surface area contributed by atoms with Crippen LogP contribution in [0.15, 0.2) is 72.8 Å². The van der Waals surface area contributed by atoms with E-state index >= 15 is 0 Å². The van der Waals surface area contributed by atoms with Crippen LogP contribution in [0.1, 0.15) is 22.3 Å². The first-order valence-electron chi connectivity index (χ1n) is 9.37. The number of carbonyl (C=O) groups is 1. The van der Waals surface area contributed by atoms with Gasteiger partial charge in [-0.2, -0.15) is 0 Å². The Hall–Kier alpha value is -3.53. The molecule has 0 aliphatic heterocycles. The Morgan fingerprint density at radius 1 is 0.931 bits per heavy atom. The van der Waals surface area contributed by atoms with E-state index in [2.05, 4.69) is 13.0 Å². The second kappa shape index (κ2) is 9.60. The van der Waals surface area contributed by atoms with Gasteiger partial charge in [0.05, 0.1) is 7.11 Å². The van der Waals surface area contributed by atoms with Gasteiger partial charge in [0.2, 0.25) is 0 Å². The number of esters is 1. The third-order valence-electron chi connectivity index (χ3n) is 4.48. The summed E-state index contributed by atoms with van der Waals surface area (Å²) in [5.74, 6) is 1.33. The van der Waals surface area contributed by atoms with Crippen molar-refractivity contribution in [3.05, 3.63) is 95.1 Å². The zero-order valence-corrected chi connectivity index (χ0v) is 16.8. The number of hydrogen-bond acceptors (Lipinski definition) is 4. The van der Waals surface area contributed by atoms with Crippen molar-refractivity contribution < 1.29 is 19.0 Å². The maximum absolute atomic E-state index is 12.0. The van der Waals surface area contributed by atoms with Gasteiger partial charge < -0.3 is 14.2 Å². The van der Waals surface area contributed by atoms with Crippen molar-refractivity contribution in [2.75, 3.05) is 7.11 Å². The third-order valence-corrected chi connectivity index (χ3v) is 4.48. The van der Waals surface area contributed by atoms with E-state index < -0.39 is 5.97 Å². The molecular weight excluding hydrogens is 364 g/mol. The van der Waals surface area contributed by atoms with Gasteiger partial charge in [0.15, 0.2) is 11.5 Å². The van der Waals surface area contributed by atoms with Gasteiger partial charge in [-0.15, -0.1) is 0 Å². The maximum Gasteiger partial charge on any atom is 0.336 e. The molecule has 0 saturated carbocycles. The predicted molar refractivity (Wildman–Crippen MR) is 114 cm³/mol. The molecule has 3 aromatic carbocycles. The molecule has 0 amide bonds. The molecule has 0 unspecified atom stereocenters. The summed E-state index contributed by atoms with van der Waals surface area (Å²) < 4.78 is 16.7. The van der Waals surface area contributed by atoms with Crippen molar-refractivity contribution in [3.8, 4) is 17.2 Å². The first-order valence-corrected chi connectivity index (χ1v) is 9.37. The maximum atomic E-state index is 12.0. The van der Waals surface area contributed by atoms with Gasteiger partial charge in [-0.25, -0.2) is 4.79 Å². The van der Waals surface area contributed by atoms with Crippen LogP contribution in [0.4, 0.5) is 0 Å². The molecule has 3 rings (SSSR count). The van der Waals surface area contributed by atoms with Crippen LogP contribution in [-0.4, -0.2) is 13.1 Å². The second-order valence-corrected chi connectivity index (χ2v) is 6.69. The lowest BCUT2D eigenvalue weighted by Crippen LogP contribution is -2.03. The fourth-order valence-electron chi connectivity index (χ4n) is 2.76. The van der Waals surface area contributed by atoms with Crippen LogP contribution in [0.25, 0.3) is 6.08 Å². The smallest absolute Gasteiger partial charge is 0.336 e. The minimum Gasteiger partial charge on any atom is -0.493 e. The highest BCUT2D eigenvalue weighted by molar-refractivity contribution is 5.88. The van der Waals surface area contributed by atoms with Crippen molar-refractivity contribution in [3.63, 3.8) is 0 Å². The van der Waals surface area contributed by atoms with Gasteiger partial charge in [-0.05, 0) is 60.9 Å². The summed E-state index contributed by atoms with van der Waals surface area (Å²) in [6.45, 7) is 4.49. The molecule has 148 valence electrons. The van der Waals surface area contributed by atoms with Crippen LogP contribution in [0.2, 0.25) is 0 Å². The standard InChI is InChI=1S/C25H24O4/c1-18-8-12-22(13-9-18)29-25(26)15-11-20-10-14-23(24(16-20)27-3)28-17-21-7-5-4-6-19(21)2/h4-16H,17H2,1-3H3/b15-11+. The number of methoxy groups -OCH3 is 1. The molecule has 29 heavy (non-hydrogen) atoms. The van der Waals surface area contributed by atoms with Crippen LogP contribution in [-0.2, 0) is 11.4 Å². The Morgan fingerprint density at radius 2 is 1.69 bits per heavy atom. The van der Waals surface area contributed by atoms with Crippen molar-refractivity contribution in [2.24, 2.45) is 0 Å². The number of rotatable bonds is 7. The normalized spacial score (nSPS) is 10.7. The summed E-state index contributed by atoms with van der Waals surface area (Å²) in [6.07, 6.45) is 3.08. The largest absolute Gasteiger partial charge is 0.493 e. The summed E-state index contributed by atoms with van der Waals surface area (Å²) in [7, 11) is 1.59. The van der Waals surface area contributed by atoms with Crippen molar-refractivity contribution in [1.82, 2.24) is 0 Å². The molecular formula is C25H24O4. The molecule has 0 heterocycles. The van der Waals surface area contributed by atoms with Crippen LogP contribution >= 0.6 is 0 Å². The fraction of sp³-hybridized carbons (Fsp3) is 0.160. The molecule has 0 atom stereocenters. The Morgan fingerprint density at radius 3 is 2.41 bits per heavy atom. The molecule has 0 radical (unpaired) electrons. The van der Waals surface area contributed by atoms with Gasteiger partial charge in [0.25, 0.3) is 0 Å². The molecule has 0 fully saturated rings. The average Bonchev–Trinajstić information content (AvgIpc) is 2.73. The van der Waals surface area contributed by atoms with E-state index in [1.807, 2.05) is 55.5 Å². The minimum atomic E-state index is -0.437. The van der Waals surface area contributed by atoms with Gasteiger partial charge in [0, 0.05) is 6.08 Å². The Balaban J connectivity index is 1.64. The van der Waals surface area contributed by atoms with E-state index in [0.717, 1.165) is 16.7 Å². The summed E-state index contributed by atoms with van der Waals surface area (Å²) in [5.41, 5.74) is 4.22. The SMILES string of the molecule is COc1cc(/C=C/C(=O)Oc2ccc(C)cc2)ccc1OCc1ccccc1C. The van der Waals surface area contributed by atoms with Crippen LogP contribution in [0, 0.1) is 13.8 Å². The minimum absolute atomic E-state index is 0.437. The molecule has 0 aliphatic rings. The first-order chi connectivity index (χ1) is 14.0. The van der Waals surface area contributed by atoms with Gasteiger partial charge >= 0.3 is 5.97 Å². The van der Waals surface area contributed by atoms with E-state index in [9.17, 15) is 4.79 Å². The second-order valence-electron chi connectivity index (χ2n) is 6.69. The van der Waals surface area contributed by atoms with Crippen LogP contribution in [0.3, 0.4) is 0 Å². The molecule has 4 heteroatoms. The molecule has 0 N–H and O–H groups in total. The van der Waals surface area contributed by atoms with E-state index in [4.69, 9.17) is 14.2 Å². The van der Waals surface area contributed by atoms with E-state index in [1.165, 1.54) is 11.6 Å². The van der Waals surface area contributed by atoms with Gasteiger partial charge in [-0.3, -0.25) is 0 Å². The summed E-state index contributed by atoms with van der Waals surface area (Å²) >= 11 is 0. The lowest BCUT2D eigenvalue weighted by atomic mass is 10.1. The van der Waals surface area contributed by atoms with E-state index in [0.29, 0.717) is 23.9 Å². The number of ether oxygens (including phenoxy) is 3. The van der Waals surface area contributed by atoms with E-state index in [-0.39, 0.29) is 0 Å². The lowest BCUT2D eigenvalue weighted by molar-refractivity contribution is -0.128. The molecule has 0 spiro atoms. The third kappa shape index (κ3) is 5.72. The molecule has 0 aromatic heterocycles. The van der Waals surface area contributed by atoms with Crippen molar-refractivity contribution in [1.29, 1.82) is 0 Å². The van der Waals surface area contributed by atoms with Crippen molar-refractivity contribution >= 4 is 12.0 Å². The average molecular weight is 388 g/mol. The van der Waals surface area contributed by atoms with E-state index in [1.54, 1.807) is 25.3 Å². The molecule has 0 aliphatic carbocycles. The highest BCUT2D eigenvalue weighted by Crippen LogP contribution is 2.29. The number of aryl methyl sites for hydroxylation is 2. The molecule has 0 bridgehead atoms. The number of benzene rings is 3. The quantitative estimate of drug-likeness (QED) is 0.304. The van der Waals surface area contributed by atoms with Crippen LogP contribution in [0.5, 0.6) is 17.2 Å². The highest BCUT2D eigenvalue weighted by atomic mass is 16.5. The predicted octanol–water partition coefficient (Wildman–Crippen LogP) is 5.51. The topological polar surface area (TPSA) is 44.8 Å². The number of carbonyl (C=O) groups excluding carboxylic acids is 1.